The van der Waals surface area contributed by atoms with E-state index in [1.54, 1.807) is 12.1 Å². The summed E-state index contributed by atoms with van der Waals surface area (Å²) in [7, 11) is 0. The molecule has 0 spiro atoms. The van der Waals surface area contributed by atoms with Gasteiger partial charge in [0.15, 0.2) is 0 Å². The first kappa shape index (κ1) is 14.0. The van der Waals surface area contributed by atoms with Crippen molar-refractivity contribution in [2.75, 3.05) is 6.61 Å². The van der Waals surface area contributed by atoms with E-state index in [1.807, 2.05) is 31.2 Å². The van der Waals surface area contributed by atoms with Crippen molar-refractivity contribution in [3.63, 3.8) is 0 Å². The Kier molecular flexibility index (Phi) is 4.68. The molecule has 0 aromatic heterocycles. The summed E-state index contributed by atoms with van der Waals surface area (Å²) in [6, 6.07) is 12.1. The van der Waals surface area contributed by atoms with E-state index in [-0.39, 0.29) is 12.4 Å². The topological polar surface area (TPSA) is 74.4 Å². The van der Waals surface area contributed by atoms with E-state index in [1.165, 1.54) is 6.07 Å². The summed E-state index contributed by atoms with van der Waals surface area (Å²) in [5.74, 6) is 0.709. The lowest BCUT2D eigenvalue weighted by molar-refractivity contribution is 0.275. The van der Waals surface area contributed by atoms with Crippen molar-refractivity contribution in [2.24, 2.45) is 10.2 Å². The van der Waals surface area contributed by atoms with E-state index < -0.39 is 0 Å². The Morgan fingerprint density at radius 1 is 1.10 bits per heavy atom. The first-order valence-electron chi connectivity index (χ1n) is 6.31. The normalized spacial score (nSPS) is 10.9. The lowest BCUT2D eigenvalue weighted by Gasteiger charge is -2.05. The number of phenols is 1. The molecule has 5 nitrogen and oxygen atoms in total. The quantitative estimate of drug-likeness (QED) is 0.815. The van der Waals surface area contributed by atoms with Crippen molar-refractivity contribution in [3.05, 3.63) is 48.0 Å². The molecular weight excluding hydrogens is 256 g/mol. The Labute approximate surface area is 117 Å². The maximum absolute atomic E-state index is 9.48. The van der Waals surface area contributed by atoms with Crippen LogP contribution in [0.4, 0.5) is 11.4 Å². The van der Waals surface area contributed by atoms with Crippen molar-refractivity contribution in [1.29, 1.82) is 0 Å². The first-order chi connectivity index (χ1) is 9.74. The summed E-state index contributed by atoms with van der Waals surface area (Å²) in [5.41, 5.74) is 1.60. The SMILES string of the molecule is CCOc1ccccc1N=Nc1ccc(O)c(CO)c1. The summed E-state index contributed by atoms with van der Waals surface area (Å²) >= 11 is 0. The molecule has 0 radical (unpaired) electrons. The number of ether oxygens (including phenoxy) is 1. The molecule has 0 fully saturated rings. The van der Waals surface area contributed by atoms with Crippen LogP contribution in [0.25, 0.3) is 0 Å². The second-order valence-corrected chi connectivity index (χ2v) is 4.07. The molecule has 0 heterocycles. The molecule has 0 atom stereocenters. The van der Waals surface area contributed by atoms with Gasteiger partial charge in [-0.3, -0.25) is 0 Å². The van der Waals surface area contributed by atoms with Gasteiger partial charge >= 0.3 is 0 Å². The average Bonchev–Trinajstić information content (AvgIpc) is 2.48. The summed E-state index contributed by atoms with van der Waals surface area (Å²) in [6.07, 6.45) is 0. The molecule has 0 amide bonds. The monoisotopic (exact) mass is 272 g/mol. The number of hydrogen-bond acceptors (Lipinski definition) is 5. The molecule has 0 unspecified atom stereocenters. The van der Waals surface area contributed by atoms with Crippen LogP contribution in [-0.2, 0) is 6.61 Å². The minimum absolute atomic E-state index is 0.0427. The minimum Gasteiger partial charge on any atom is -0.508 e. The number of aliphatic hydroxyl groups is 1. The van der Waals surface area contributed by atoms with Gasteiger partial charge in [0.2, 0.25) is 0 Å². The lowest BCUT2D eigenvalue weighted by atomic mass is 10.2. The maximum atomic E-state index is 9.48. The number of rotatable bonds is 5. The van der Waals surface area contributed by atoms with Gasteiger partial charge in [0, 0.05) is 5.56 Å². The van der Waals surface area contributed by atoms with Crippen molar-refractivity contribution in [3.8, 4) is 11.5 Å². The number of aliphatic hydroxyl groups excluding tert-OH is 1. The van der Waals surface area contributed by atoms with Gasteiger partial charge in [-0.2, -0.15) is 5.11 Å². The van der Waals surface area contributed by atoms with Gasteiger partial charge in [0.1, 0.15) is 17.2 Å². The number of azo groups is 1. The molecule has 2 aromatic rings. The molecule has 0 aliphatic carbocycles. The van der Waals surface area contributed by atoms with Gasteiger partial charge < -0.3 is 14.9 Å². The van der Waals surface area contributed by atoms with E-state index in [0.717, 1.165) is 0 Å². The summed E-state index contributed by atoms with van der Waals surface area (Å²) < 4.78 is 5.46. The third kappa shape index (κ3) is 3.33. The van der Waals surface area contributed by atoms with E-state index in [9.17, 15) is 5.11 Å². The van der Waals surface area contributed by atoms with Crippen molar-refractivity contribution < 1.29 is 14.9 Å². The number of para-hydroxylation sites is 1. The fourth-order valence-corrected chi connectivity index (χ4v) is 1.69. The summed E-state index contributed by atoms with van der Waals surface area (Å²) in [4.78, 5) is 0. The molecule has 5 heteroatoms. The largest absolute Gasteiger partial charge is 0.508 e. The zero-order valence-corrected chi connectivity index (χ0v) is 11.2. The Morgan fingerprint density at radius 3 is 2.65 bits per heavy atom. The van der Waals surface area contributed by atoms with E-state index >= 15 is 0 Å². The second-order valence-electron chi connectivity index (χ2n) is 4.07. The molecule has 20 heavy (non-hydrogen) atoms. The zero-order chi connectivity index (χ0) is 14.4. The van der Waals surface area contributed by atoms with Gasteiger partial charge in [-0.25, -0.2) is 0 Å². The van der Waals surface area contributed by atoms with Gasteiger partial charge in [-0.1, -0.05) is 12.1 Å². The molecule has 0 bridgehead atoms. The third-order valence-corrected chi connectivity index (χ3v) is 2.67. The molecule has 0 saturated heterocycles. The van der Waals surface area contributed by atoms with Crippen LogP contribution < -0.4 is 4.74 Å². The van der Waals surface area contributed by atoms with Crippen LogP contribution in [-0.4, -0.2) is 16.8 Å². The average molecular weight is 272 g/mol. The molecule has 2 N–H and O–H groups in total. The highest BCUT2D eigenvalue weighted by Crippen LogP contribution is 2.30. The highest BCUT2D eigenvalue weighted by molar-refractivity contribution is 5.52. The smallest absolute Gasteiger partial charge is 0.146 e. The van der Waals surface area contributed by atoms with E-state index in [2.05, 4.69) is 10.2 Å². The van der Waals surface area contributed by atoms with Gasteiger partial charge in [0.05, 0.1) is 18.9 Å². The van der Waals surface area contributed by atoms with Crippen LogP contribution in [0.1, 0.15) is 12.5 Å². The molecular formula is C15H16N2O3. The number of nitrogens with zero attached hydrogens (tertiary/aromatic N) is 2. The predicted molar refractivity (Wildman–Crippen MR) is 75.8 cm³/mol. The summed E-state index contributed by atoms with van der Waals surface area (Å²) in [5, 5.41) is 26.8. The fraction of sp³-hybridized carbons (Fsp3) is 0.200. The second kappa shape index (κ2) is 6.68. The molecule has 2 rings (SSSR count). The Hall–Kier alpha value is -2.40. The van der Waals surface area contributed by atoms with Crippen molar-refractivity contribution in [1.82, 2.24) is 0 Å². The number of benzene rings is 2. The van der Waals surface area contributed by atoms with Crippen LogP contribution >= 0.6 is 0 Å². The van der Waals surface area contributed by atoms with Crippen molar-refractivity contribution >= 4 is 11.4 Å². The molecule has 0 aliphatic rings. The standard InChI is InChI=1S/C15H16N2O3/c1-2-20-15-6-4-3-5-13(15)17-16-12-7-8-14(19)11(9-12)10-18/h3-9,18-19H,2,10H2,1H3. The van der Waals surface area contributed by atoms with Gasteiger partial charge in [0.25, 0.3) is 0 Å². The van der Waals surface area contributed by atoms with Crippen LogP contribution in [0.2, 0.25) is 0 Å². The fourth-order valence-electron chi connectivity index (χ4n) is 1.69. The highest BCUT2D eigenvalue weighted by Gasteiger charge is 2.03. The minimum atomic E-state index is -0.245. The summed E-state index contributed by atoms with van der Waals surface area (Å²) in [6.45, 7) is 2.21. The number of aromatic hydroxyl groups is 1. The Balaban J connectivity index is 2.25. The van der Waals surface area contributed by atoms with Gasteiger partial charge in [-0.05, 0) is 37.3 Å². The molecule has 2 aromatic carbocycles. The predicted octanol–water partition coefficient (Wildman–Crippen LogP) is 3.70. The zero-order valence-electron chi connectivity index (χ0n) is 11.2. The van der Waals surface area contributed by atoms with Crippen LogP contribution in [0.15, 0.2) is 52.7 Å². The molecule has 104 valence electrons. The Morgan fingerprint density at radius 2 is 1.90 bits per heavy atom. The van der Waals surface area contributed by atoms with E-state index in [0.29, 0.717) is 29.3 Å². The molecule has 0 saturated carbocycles. The van der Waals surface area contributed by atoms with Crippen LogP contribution in [0.3, 0.4) is 0 Å². The maximum Gasteiger partial charge on any atom is 0.146 e. The lowest BCUT2D eigenvalue weighted by Crippen LogP contribution is -1.90. The van der Waals surface area contributed by atoms with Crippen molar-refractivity contribution in [2.45, 2.75) is 13.5 Å². The van der Waals surface area contributed by atoms with Crippen LogP contribution in [0.5, 0.6) is 11.5 Å². The highest BCUT2D eigenvalue weighted by atomic mass is 16.5. The van der Waals surface area contributed by atoms with Gasteiger partial charge in [-0.15, -0.1) is 5.11 Å². The first-order valence-corrected chi connectivity index (χ1v) is 6.31. The Bertz CT molecular complexity index is 612. The van der Waals surface area contributed by atoms with E-state index in [4.69, 9.17) is 9.84 Å². The number of hydrogen-bond donors (Lipinski definition) is 2. The van der Waals surface area contributed by atoms with Crippen LogP contribution in [0, 0.1) is 0 Å². The third-order valence-electron chi connectivity index (χ3n) is 2.67. The molecule has 0 aliphatic heterocycles.